The summed E-state index contributed by atoms with van der Waals surface area (Å²) in [5, 5.41) is 3.18. The van der Waals surface area contributed by atoms with Crippen LogP contribution in [-0.4, -0.2) is 34.6 Å². The lowest BCUT2D eigenvalue weighted by atomic mass is 9.84. The van der Waals surface area contributed by atoms with Crippen molar-refractivity contribution in [3.05, 3.63) is 47.5 Å². The first-order valence-electron chi connectivity index (χ1n) is 10.5. The Morgan fingerprint density at radius 3 is 2.55 bits per heavy atom. The van der Waals surface area contributed by atoms with Crippen LogP contribution in [0.25, 0.3) is 0 Å². The van der Waals surface area contributed by atoms with Crippen LogP contribution in [0.15, 0.2) is 30.6 Å². The van der Waals surface area contributed by atoms with Crippen molar-refractivity contribution in [2.45, 2.75) is 44.8 Å². The fourth-order valence-electron chi connectivity index (χ4n) is 4.28. The highest BCUT2D eigenvalue weighted by Gasteiger charge is 2.33. The predicted molar refractivity (Wildman–Crippen MR) is 116 cm³/mol. The van der Waals surface area contributed by atoms with E-state index in [0.29, 0.717) is 13.1 Å². The van der Waals surface area contributed by atoms with Crippen molar-refractivity contribution in [1.82, 2.24) is 9.97 Å². The maximum Gasteiger partial charge on any atom is 0.416 e. The molecule has 2 saturated heterocycles. The standard InChI is InChI=1S/C22H26F4N4S/c1-21(8-11-31-12-9-21)13-27-19-18(23)20(29-14-28-19)30-10-2-3-17(30)15-4-6-16(7-5-15)22(24,25)26/h4-7,14,17H,2-3,8-13H2,1H3,(H,27,28,29). The molecule has 2 fully saturated rings. The van der Waals surface area contributed by atoms with Gasteiger partial charge in [0.05, 0.1) is 11.6 Å². The van der Waals surface area contributed by atoms with Gasteiger partial charge in [-0.3, -0.25) is 0 Å². The zero-order valence-corrected chi connectivity index (χ0v) is 18.2. The third-order valence-electron chi connectivity index (χ3n) is 6.30. The van der Waals surface area contributed by atoms with Gasteiger partial charge in [-0.2, -0.15) is 29.3 Å². The Hall–Kier alpha value is -2.03. The molecule has 1 aromatic carbocycles. The van der Waals surface area contributed by atoms with Crippen molar-refractivity contribution in [3.63, 3.8) is 0 Å². The van der Waals surface area contributed by atoms with Gasteiger partial charge < -0.3 is 10.2 Å². The number of thioether (sulfide) groups is 1. The third-order valence-corrected chi connectivity index (χ3v) is 7.29. The molecule has 1 unspecified atom stereocenters. The van der Waals surface area contributed by atoms with Crippen LogP contribution in [0.4, 0.5) is 29.2 Å². The zero-order valence-electron chi connectivity index (χ0n) is 17.4. The summed E-state index contributed by atoms with van der Waals surface area (Å²) < 4.78 is 54.0. The van der Waals surface area contributed by atoms with Crippen LogP contribution >= 0.6 is 11.8 Å². The molecule has 0 amide bonds. The monoisotopic (exact) mass is 454 g/mol. The molecule has 0 bridgehead atoms. The maximum absolute atomic E-state index is 15.3. The van der Waals surface area contributed by atoms with Gasteiger partial charge >= 0.3 is 6.18 Å². The highest BCUT2D eigenvalue weighted by molar-refractivity contribution is 7.99. The third kappa shape index (κ3) is 4.91. The van der Waals surface area contributed by atoms with E-state index < -0.39 is 17.6 Å². The number of alkyl halides is 3. The minimum Gasteiger partial charge on any atom is -0.367 e. The summed E-state index contributed by atoms with van der Waals surface area (Å²) in [4.78, 5) is 10.1. The van der Waals surface area contributed by atoms with Crippen LogP contribution in [0, 0.1) is 11.2 Å². The summed E-state index contributed by atoms with van der Waals surface area (Å²) in [6.45, 7) is 3.44. The lowest BCUT2D eigenvalue weighted by Crippen LogP contribution is -2.31. The summed E-state index contributed by atoms with van der Waals surface area (Å²) in [6.07, 6.45) is 0.669. The molecular formula is C22H26F4N4S. The van der Waals surface area contributed by atoms with Gasteiger partial charge in [0.1, 0.15) is 6.33 Å². The molecule has 1 aromatic heterocycles. The molecule has 4 rings (SSSR count). The Bertz CT molecular complexity index is 897. The van der Waals surface area contributed by atoms with Gasteiger partial charge in [0, 0.05) is 13.1 Å². The van der Waals surface area contributed by atoms with Crippen LogP contribution in [0.1, 0.15) is 49.8 Å². The van der Waals surface area contributed by atoms with Crippen LogP contribution < -0.4 is 10.2 Å². The number of anilines is 2. The van der Waals surface area contributed by atoms with E-state index in [4.69, 9.17) is 0 Å². The molecule has 4 nitrogen and oxygen atoms in total. The van der Waals surface area contributed by atoms with Crippen molar-refractivity contribution < 1.29 is 17.6 Å². The molecular weight excluding hydrogens is 428 g/mol. The van der Waals surface area contributed by atoms with Crippen molar-refractivity contribution in [1.29, 1.82) is 0 Å². The van der Waals surface area contributed by atoms with Crippen molar-refractivity contribution >= 4 is 23.4 Å². The first-order chi connectivity index (χ1) is 14.8. The smallest absolute Gasteiger partial charge is 0.367 e. The number of rotatable bonds is 5. The van der Waals surface area contributed by atoms with Crippen LogP contribution in [0.5, 0.6) is 0 Å². The Morgan fingerprint density at radius 1 is 1.16 bits per heavy atom. The van der Waals surface area contributed by atoms with E-state index in [-0.39, 0.29) is 23.1 Å². The fourth-order valence-corrected chi connectivity index (χ4v) is 5.76. The maximum atomic E-state index is 15.3. The molecule has 0 radical (unpaired) electrons. The van der Waals surface area contributed by atoms with E-state index in [1.807, 2.05) is 16.7 Å². The molecule has 9 heteroatoms. The highest BCUT2D eigenvalue weighted by Crippen LogP contribution is 2.39. The van der Waals surface area contributed by atoms with Crippen molar-refractivity contribution in [2.75, 3.05) is 34.8 Å². The van der Waals surface area contributed by atoms with Crippen LogP contribution in [0.3, 0.4) is 0 Å². The van der Waals surface area contributed by atoms with Gasteiger partial charge in [-0.1, -0.05) is 19.1 Å². The average Bonchev–Trinajstić information content (AvgIpc) is 3.23. The predicted octanol–water partition coefficient (Wildman–Crippen LogP) is 5.92. The minimum absolute atomic E-state index is 0.110. The van der Waals surface area contributed by atoms with Crippen molar-refractivity contribution in [3.8, 4) is 0 Å². The van der Waals surface area contributed by atoms with E-state index in [0.717, 1.165) is 54.9 Å². The number of benzene rings is 1. The van der Waals surface area contributed by atoms with Gasteiger partial charge in [0.25, 0.3) is 0 Å². The molecule has 2 aliphatic rings. The lowest BCUT2D eigenvalue weighted by molar-refractivity contribution is -0.137. The second-order valence-electron chi connectivity index (χ2n) is 8.61. The minimum atomic E-state index is -4.37. The van der Waals surface area contributed by atoms with Crippen molar-refractivity contribution in [2.24, 2.45) is 5.41 Å². The number of hydrogen-bond acceptors (Lipinski definition) is 5. The Balaban J connectivity index is 1.52. The molecule has 3 heterocycles. The first kappa shape index (κ1) is 22.2. The second-order valence-corrected chi connectivity index (χ2v) is 9.83. The molecule has 168 valence electrons. The molecule has 2 aromatic rings. The van der Waals surface area contributed by atoms with E-state index >= 15 is 4.39 Å². The SMILES string of the molecule is CC1(CNc2ncnc(N3CCCC3c3ccc(C(F)(F)F)cc3)c2F)CCSCC1. The summed E-state index contributed by atoms with van der Waals surface area (Å²) in [7, 11) is 0. The Labute approximate surface area is 183 Å². The number of aromatic nitrogens is 2. The number of hydrogen-bond donors (Lipinski definition) is 1. The highest BCUT2D eigenvalue weighted by atomic mass is 32.2. The molecule has 0 spiro atoms. The molecule has 1 atom stereocenters. The molecule has 31 heavy (non-hydrogen) atoms. The van der Waals surface area contributed by atoms with E-state index in [1.165, 1.54) is 18.5 Å². The molecule has 0 aliphatic carbocycles. The molecule has 1 N–H and O–H groups in total. The van der Waals surface area contributed by atoms with Crippen LogP contribution in [0.2, 0.25) is 0 Å². The number of halogens is 4. The molecule has 0 saturated carbocycles. The van der Waals surface area contributed by atoms with Gasteiger partial charge in [-0.15, -0.1) is 0 Å². The average molecular weight is 455 g/mol. The van der Waals surface area contributed by atoms with E-state index in [1.54, 1.807) is 0 Å². The van der Waals surface area contributed by atoms with Gasteiger partial charge in [-0.05, 0) is 60.3 Å². The van der Waals surface area contributed by atoms with E-state index in [2.05, 4.69) is 22.2 Å². The van der Waals surface area contributed by atoms with E-state index in [9.17, 15) is 13.2 Å². The van der Waals surface area contributed by atoms with Gasteiger partial charge in [0.15, 0.2) is 11.6 Å². The summed E-state index contributed by atoms with van der Waals surface area (Å²) in [6, 6.07) is 4.90. The summed E-state index contributed by atoms with van der Waals surface area (Å²) in [5.41, 5.74) is 0.152. The number of nitrogens with zero attached hydrogens (tertiary/aromatic N) is 3. The number of nitrogens with one attached hydrogen (secondary N) is 1. The fraction of sp³-hybridized carbons (Fsp3) is 0.545. The topological polar surface area (TPSA) is 41.1 Å². The quantitative estimate of drug-likeness (QED) is 0.568. The summed E-state index contributed by atoms with van der Waals surface area (Å²) in [5.74, 6) is 2.10. The Kier molecular flexibility index (Phi) is 6.32. The van der Waals surface area contributed by atoms with Gasteiger partial charge in [0.2, 0.25) is 5.82 Å². The lowest BCUT2D eigenvalue weighted by Gasteiger charge is -2.33. The largest absolute Gasteiger partial charge is 0.416 e. The second kappa shape index (κ2) is 8.84. The van der Waals surface area contributed by atoms with Gasteiger partial charge in [-0.25, -0.2) is 9.97 Å². The first-order valence-corrected chi connectivity index (χ1v) is 11.7. The molecule has 2 aliphatic heterocycles. The zero-order chi connectivity index (χ0) is 22.1. The van der Waals surface area contributed by atoms with Crippen LogP contribution in [-0.2, 0) is 6.18 Å². The summed E-state index contributed by atoms with van der Waals surface area (Å²) >= 11 is 1.94. The Morgan fingerprint density at radius 2 is 1.87 bits per heavy atom. The normalized spacial score (nSPS) is 21.3.